The van der Waals surface area contributed by atoms with Crippen molar-refractivity contribution in [1.82, 2.24) is 0 Å². The number of para-hydroxylation sites is 1. The Labute approximate surface area is 153 Å². The smallest absolute Gasteiger partial charge is 0.339 e. The molecule has 8 heteroatoms. The molecular formula is C18H17NO6S. The van der Waals surface area contributed by atoms with Gasteiger partial charge in [0, 0.05) is 6.42 Å². The van der Waals surface area contributed by atoms with Gasteiger partial charge < -0.3 is 14.8 Å². The predicted octanol–water partition coefficient (Wildman–Crippen LogP) is 2.68. The molecule has 1 aromatic heterocycles. The Morgan fingerprint density at radius 1 is 1.04 bits per heavy atom. The van der Waals surface area contributed by atoms with Gasteiger partial charge in [0.2, 0.25) is 0 Å². The summed E-state index contributed by atoms with van der Waals surface area (Å²) < 4.78 is 9.49. The van der Waals surface area contributed by atoms with E-state index in [-0.39, 0.29) is 29.9 Å². The monoisotopic (exact) mass is 375 g/mol. The molecule has 0 aliphatic heterocycles. The average molecular weight is 375 g/mol. The zero-order chi connectivity index (χ0) is 18.9. The van der Waals surface area contributed by atoms with Crippen LogP contribution in [-0.2, 0) is 19.1 Å². The maximum atomic E-state index is 11.9. The molecule has 2 rings (SSSR count). The Bertz CT molecular complexity index is 800. The average Bonchev–Trinajstić information content (AvgIpc) is 3.19. The van der Waals surface area contributed by atoms with Gasteiger partial charge in [0.1, 0.15) is 0 Å². The van der Waals surface area contributed by atoms with E-state index in [2.05, 4.69) is 10.1 Å². The number of methoxy groups -OCH3 is 1. The third-order valence-electron chi connectivity index (χ3n) is 3.32. The summed E-state index contributed by atoms with van der Waals surface area (Å²) in [6.45, 7) is -0.512. The summed E-state index contributed by atoms with van der Waals surface area (Å²) in [4.78, 5) is 47.6. The van der Waals surface area contributed by atoms with Crippen LogP contribution in [-0.4, -0.2) is 37.3 Å². The number of hydrogen-bond donors (Lipinski definition) is 1. The number of carbonyl (C=O) groups is 4. The molecule has 1 N–H and O–H groups in total. The molecule has 0 atom stereocenters. The van der Waals surface area contributed by atoms with Gasteiger partial charge in [-0.3, -0.25) is 14.4 Å². The van der Waals surface area contributed by atoms with E-state index in [0.717, 1.165) is 0 Å². The van der Waals surface area contributed by atoms with Crippen LogP contribution in [0.1, 0.15) is 32.9 Å². The number of benzene rings is 1. The first-order chi connectivity index (χ1) is 12.5. The molecule has 0 saturated heterocycles. The summed E-state index contributed by atoms with van der Waals surface area (Å²) in [5, 5.41) is 4.27. The first-order valence-electron chi connectivity index (χ1n) is 7.70. The Kier molecular flexibility index (Phi) is 7.04. The second-order valence-corrected chi connectivity index (χ2v) is 6.09. The van der Waals surface area contributed by atoms with Gasteiger partial charge >= 0.3 is 11.9 Å². The van der Waals surface area contributed by atoms with Crippen molar-refractivity contribution >= 4 is 40.7 Å². The first-order valence-corrected chi connectivity index (χ1v) is 8.58. The lowest BCUT2D eigenvalue weighted by Crippen LogP contribution is -2.22. The van der Waals surface area contributed by atoms with E-state index in [9.17, 15) is 19.2 Å². The van der Waals surface area contributed by atoms with E-state index < -0.39 is 24.5 Å². The zero-order valence-corrected chi connectivity index (χ0v) is 14.8. The van der Waals surface area contributed by atoms with Crippen LogP contribution in [0.15, 0.2) is 41.8 Å². The van der Waals surface area contributed by atoms with E-state index in [4.69, 9.17) is 4.74 Å². The maximum Gasteiger partial charge on any atom is 0.339 e. The molecule has 0 aliphatic rings. The van der Waals surface area contributed by atoms with Crippen LogP contribution in [0, 0.1) is 0 Å². The van der Waals surface area contributed by atoms with Crippen molar-refractivity contribution in [1.29, 1.82) is 0 Å². The molecule has 0 bridgehead atoms. The number of nitrogens with one attached hydrogen (secondary N) is 1. The van der Waals surface area contributed by atoms with Gasteiger partial charge in [-0.25, -0.2) is 4.79 Å². The number of Topliss-reactive ketones (excluding diaryl/α,β-unsaturated/α-hetero) is 1. The molecule has 0 radical (unpaired) electrons. The third-order valence-corrected chi connectivity index (χ3v) is 4.23. The number of thiophene rings is 1. The highest BCUT2D eigenvalue weighted by molar-refractivity contribution is 7.12. The van der Waals surface area contributed by atoms with E-state index in [1.54, 1.807) is 29.6 Å². The fraction of sp³-hybridized carbons (Fsp3) is 0.222. The van der Waals surface area contributed by atoms with E-state index in [1.165, 1.54) is 30.6 Å². The topological polar surface area (TPSA) is 98.8 Å². The van der Waals surface area contributed by atoms with E-state index >= 15 is 0 Å². The third kappa shape index (κ3) is 5.52. The zero-order valence-electron chi connectivity index (χ0n) is 14.0. The molecule has 0 saturated carbocycles. The molecular weight excluding hydrogens is 358 g/mol. The number of carbonyl (C=O) groups excluding carboxylic acids is 4. The van der Waals surface area contributed by atoms with Crippen molar-refractivity contribution < 1.29 is 28.7 Å². The fourth-order valence-electron chi connectivity index (χ4n) is 2.06. The Morgan fingerprint density at radius 3 is 2.50 bits per heavy atom. The minimum absolute atomic E-state index is 0.0200. The highest BCUT2D eigenvalue weighted by Gasteiger charge is 2.15. The van der Waals surface area contributed by atoms with Gasteiger partial charge in [0.25, 0.3) is 5.91 Å². The van der Waals surface area contributed by atoms with Gasteiger partial charge in [0.05, 0.1) is 29.7 Å². The summed E-state index contributed by atoms with van der Waals surface area (Å²) in [5.74, 6) is -1.98. The molecule has 136 valence electrons. The molecule has 0 fully saturated rings. The van der Waals surface area contributed by atoms with E-state index in [0.29, 0.717) is 4.88 Å². The lowest BCUT2D eigenvalue weighted by molar-refractivity contribution is -0.147. The lowest BCUT2D eigenvalue weighted by atomic mass is 10.2. The quantitative estimate of drug-likeness (QED) is 0.563. The Balaban J connectivity index is 1.79. The molecule has 1 amide bonds. The fourth-order valence-corrected chi connectivity index (χ4v) is 2.75. The van der Waals surface area contributed by atoms with Crippen molar-refractivity contribution in [2.24, 2.45) is 0 Å². The maximum absolute atomic E-state index is 11.9. The molecule has 1 heterocycles. The van der Waals surface area contributed by atoms with Gasteiger partial charge in [0.15, 0.2) is 12.4 Å². The number of amides is 1. The van der Waals surface area contributed by atoms with Crippen LogP contribution in [0.3, 0.4) is 0 Å². The number of hydrogen-bond acceptors (Lipinski definition) is 7. The van der Waals surface area contributed by atoms with Crippen molar-refractivity contribution in [3.8, 4) is 0 Å². The predicted molar refractivity (Wildman–Crippen MR) is 95.3 cm³/mol. The highest BCUT2D eigenvalue weighted by Crippen LogP contribution is 2.16. The lowest BCUT2D eigenvalue weighted by Gasteiger charge is -2.10. The van der Waals surface area contributed by atoms with Crippen LogP contribution < -0.4 is 5.32 Å². The molecule has 2 aromatic rings. The van der Waals surface area contributed by atoms with Crippen LogP contribution in [0.5, 0.6) is 0 Å². The molecule has 0 spiro atoms. The summed E-state index contributed by atoms with van der Waals surface area (Å²) in [7, 11) is 1.24. The Hall–Kier alpha value is -3.00. The molecule has 7 nitrogen and oxygen atoms in total. The molecule has 0 unspecified atom stereocenters. The second kappa shape index (κ2) is 9.47. The van der Waals surface area contributed by atoms with Crippen LogP contribution in [0.4, 0.5) is 5.69 Å². The van der Waals surface area contributed by atoms with Crippen LogP contribution in [0.2, 0.25) is 0 Å². The molecule has 0 aliphatic carbocycles. The van der Waals surface area contributed by atoms with Gasteiger partial charge in [-0.2, -0.15) is 0 Å². The number of anilines is 1. The van der Waals surface area contributed by atoms with Crippen LogP contribution in [0.25, 0.3) is 0 Å². The summed E-state index contributed by atoms with van der Waals surface area (Å²) in [5.41, 5.74) is 0.449. The summed E-state index contributed by atoms with van der Waals surface area (Å²) >= 11 is 1.30. The van der Waals surface area contributed by atoms with Crippen molar-refractivity contribution in [3.05, 3.63) is 52.2 Å². The van der Waals surface area contributed by atoms with Gasteiger partial charge in [-0.05, 0) is 23.6 Å². The number of ketones is 1. The SMILES string of the molecule is COC(=O)c1ccccc1NC(=O)COC(=O)CCC(=O)c1cccs1. The minimum atomic E-state index is -0.647. The molecule has 26 heavy (non-hydrogen) atoms. The summed E-state index contributed by atoms with van der Waals surface area (Å²) in [6.07, 6.45) is -0.0884. The van der Waals surface area contributed by atoms with Crippen molar-refractivity contribution in [3.63, 3.8) is 0 Å². The summed E-state index contributed by atoms with van der Waals surface area (Å²) in [6, 6.07) is 9.75. The van der Waals surface area contributed by atoms with E-state index in [1.807, 2.05) is 0 Å². The van der Waals surface area contributed by atoms with Crippen LogP contribution >= 0.6 is 11.3 Å². The largest absolute Gasteiger partial charge is 0.465 e. The normalized spacial score (nSPS) is 10.0. The number of ether oxygens (including phenoxy) is 2. The molecule has 1 aromatic carbocycles. The van der Waals surface area contributed by atoms with Crippen molar-refractivity contribution in [2.45, 2.75) is 12.8 Å². The standard InChI is InChI=1S/C18H17NO6S/c1-24-18(23)12-5-2-3-6-13(12)19-16(21)11-25-17(22)9-8-14(20)15-7-4-10-26-15/h2-7,10H,8-9,11H2,1H3,(H,19,21). The second-order valence-electron chi connectivity index (χ2n) is 5.15. The Morgan fingerprint density at radius 2 is 1.81 bits per heavy atom. The van der Waals surface area contributed by atoms with Gasteiger partial charge in [-0.15, -0.1) is 11.3 Å². The first kappa shape index (κ1) is 19.3. The number of rotatable bonds is 8. The minimum Gasteiger partial charge on any atom is -0.465 e. The van der Waals surface area contributed by atoms with Crippen molar-refractivity contribution in [2.75, 3.05) is 19.0 Å². The van der Waals surface area contributed by atoms with Gasteiger partial charge in [-0.1, -0.05) is 18.2 Å². The number of esters is 2. The highest BCUT2D eigenvalue weighted by atomic mass is 32.1.